The predicted molar refractivity (Wildman–Crippen MR) is 84.9 cm³/mol. The molecule has 118 valence electrons. The van der Waals surface area contributed by atoms with E-state index >= 15 is 0 Å². The topological polar surface area (TPSA) is 55.8 Å². The molecule has 0 unspecified atom stereocenters. The maximum Gasteiger partial charge on any atom is 0.261 e. The molecule has 1 aliphatic heterocycles. The number of rotatable bonds is 6. The summed E-state index contributed by atoms with van der Waals surface area (Å²) < 4.78 is 10.8. The quantitative estimate of drug-likeness (QED) is 0.608. The van der Waals surface area contributed by atoms with Crippen molar-refractivity contribution in [1.29, 1.82) is 0 Å². The van der Waals surface area contributed by atoms with Crippen molar-refractivity contribution in [3.63, 3.8) is 0 Å². The van der Waals surface area contributed by atoms with Gasteiger partial charge in [-0.25, -0.2) is 0 Å². The van der Waals surface area contributed by atoms with Crippen molar-refractivity contribution in [2.75, 3.05) is 20.3 Å². The lowest BCUT2D eigenvalue weighted by Gasteiger charge is -2.14. The van der Waals surface area contributed by atoms with Gasteiger partial charge in [0.25, 0.3) is 11.8 Å². The lowest BCUT2D eigenvalue weighted by molar-refractivity contribution is 0.0647. The molecule has 5 nitrogen and oxygen atoms in total. The number of nitrogens with zero attached hydrogens (tertiary/aromatic N) is 1. The molecule has 0 radical (unpaired) electrons. The minimum Gasteiger partial charge on any atom is -0.497 e. The molecule has 5 heteroatoms. The van der Waals surface area contributed by atoms with Crippen LogP contribution in [0.25, 0.3) is 0 Å². The zero-order chi connectivity index (χ0) is 16.2. The molecule has 0 atom stereocenters. The van der Waals surface area contributed by atoms with Crippen LogP contribution in [0.15, 0.2) is 48.5 Å². The minimum absolute atomic E-state index is 0.230. The summed E-state index contributed by atoms with van der Waals surface area (Å²) in [6.45, 7) is 0.761. The molecule has 2 aromatic rings. The van der Waals surface area contributed by atoms with E-state index in [9.17, 15) is 9.59 Å². The number of imide groups is 1. The van der Waals surface area contributed by atoms with E-state index in [0.29, 0.717) is 36.4 Å². The van der Waals surface area contributed by atoms with E-state index in [0.717, 1.165) is 5.75 Å². The van der Waals surface area contributed by atoms with E-state index in [2.05, 4.69) is 0 Å². The minimum atomic E-state index is -0.230. The highest BCUT2D eigenvalue weighted by Gasteiger charge is 2.34. The van der Waals surface area contributed by atoms with Crippen LogP contribution < -0.4 is 9.47 Å². The number of hydrogen-bond acceptors (Lipinski definition) is 4. The standard InChI is InChI=1S/C18H17NO4/c1-22-13-6-4-7-14(12-13)23-11-5-10-19-17(20)15-8-2-3-9-16(15)18(19)21/h2-4,6-9,12H,5,10-11H2,1H3. The fourth-order valence-electron chi connectivity index (χ4n) is 2.55. The number of hydrogen-bond donors (Lipinski definition) is 0. The van der Waals surface area contributed by atoms with Gasteiger partial charge in [-0.2, -0.15) is 0 Å². The van der Waals surface area contributed by atoms with Crippen molar-refractivity contribution < 1.29 is 19.1 Å². The van der Waals surface area contributed by atoms with Crippen molar-refractivity contribution >= 4 is 11.8 Å². The summed E-state index contributed by atoms with van der Waals surface area (Å²) in [5.41, 5.74) is 0.956. The van der Waals surface area contributed by atoms with Gasteiger partial charge in [0.15, 0.2) is 0 Å². The second-order valence-electron chi connectivity index (χ2n) is 5.19. The molecule has 0 fully saturated rings. The Morgan fingerprint density at radius 1 is 0.913 bits per heavy atom. The molecule has 0 aromatic heterocycles. The molecular weight excluding hydrogens is 294 g/mol. The Morgan fingerprint density at radius 2 is 1.57 bits per heavy atom. The van der Waals surface area contributed by atoms with Crippen molar-refractivity contribution in [2.24, 2.45) is 0 Å². The number of carbonyl (C=O) groups excluding carboxylic acids is 2. The maximum absolute atomic E-state index is 12.2. The molecule has 0 saturated heterocycles. The second kappa shape index (κ2) is 6.52. The Bertz CT molecular complexity index is 706. The normalized spacial score (nSPS) is 13.2. The first-order chi connectivity index (χ1) is 11.2. The molecule has 0 saturated carbocycles. The zero-order valence-electron chi connectivity index (χ0n) is 12.8. The van der Waals surface area contributed by atoms with Crippen LogP contribution in [-0.4, -0.2) is 37.0 Å². The predicted octanol–water partition coefficient (Wildman–Crippen LogP) is 2.76. The van der Waals surface area contributed by atoms with Gasteiger partial charge >= 0.3 is 0 Å². The Labute approximate surface area is 134 Å². The van der Waals surface area contributed by atoms with E-state index in [1.54, 1.807) is 37.4 Å². The van der Waals surface area contributed by atoms with Crippen molar-refractivity contribution in [3.05, 3.63) is 59.7 Å². The van der Waals surface area contributed by atoms with Crippen LogP contribution in [0.4, 0.5) is 0 Å². The van der Waals surface area contributed by atoms with Crippen LogP contribution in [0.3, 0.4) is 0 Å². The molecule has 0 bridgehead atoms. The van der Waals surface area contributed by atoms with Gasteiger partial charge in [0.1, 0.15) is 11.5 Å². The summed E-state index contributed by atoms with van der Waals surface area (Å²) in [5, 5.41) is 0. The van der Waals surface area contributed by atoms with E-state index in [4.69, 9.17) is 9.47 Å². The van der Waals surface area contributed by atoms with Gasteiger partial charge in [-0.15, -0.1) is 0 Å². The van der Waals surface area contributed by atoms with E-state index in [-0.39, 0.29) is 11.8 Å². The van der Waals surface area contributed by atoms with E-state index < -0.39 is 0 Å². The molecule has 0 N–H and O–H groups in total. The molecular formula is C18H17NO4. The van der Waals surface area contributed by atoms with Gasteiger partial charge in [0.05, 0.1) is 24.8 Å². The Hall–Kier alpha value is -2.82. The van der Waals surface area contributed by atoms with Gasteiger partial charge in [0.2, 0.25) is 0 Å². The zero-order valence-corrected chi connectivity index (χ0v) is 12.8. The third-order valence-electron chi connectivity index (χ3n) is 3.71. The van der Waals surface area contributed by atoms with Crippen LogP contribution in [-0.2, 0) is 0 Å². The fraction of sp³-hybridized carbons (Fsp3) is 0.222. The summed E-state index contributed by atoms with van der Waals surface area (Å²) in [7, 11) is 1.60. The third-order valence-corrected chi connectivity index (χ3v) is 3.71. The lowest BCUT2D eigenvalue weighted by Crippen LogP contribution is -2.31. The number of carbonyl (C=O) groups is 2. The van der Waals surface area contributed by atoms with E-state index in [1.165, 1.54) is 4.90 Å². The van der Waals surface area contributed by atoms with Crippen molar-refractivity contribution in [1.82, 2.24) is 4.90 Å². The van der Waals surface area contributed by atoms with Gasteiger partial charge in [-0.3, -0.25) is 14.5 Å². The molecule has 3 rings (SSSR count). The van der Waals surface area contributed by atoms with Crippen molar-refractivity contribution in [2.45, 2.75) is 6.42 Å². The largest absolute Gasteiger partial charge is 0.497 e. The van der Waals surface area contributed by atoms with Gasteiger partial charge in [-0.1, -0.05) is 18.2 Å². The number of methoxy groups -OCH3 is 1. The molecule has 2 amide bonds. The summed E-state index contributed by atoms with van der Waals surface area (Å²) in [4.78, 5) is 25.7. The van der Waals surface area contributed by atoms with Gasteiger partial charge in [-0.05, 0) is 30.7 Å². The highest BCUT2D eigenvalue weighted by Crippen LogP contribution is 2.23. The number of ether oxygens (including phenoxy) is 2. The van der Waals surface area contributed by atoms with Crippen LogP contribution in [0.5, 0.6) is 11.5 Å². The van der Waals surface area contributed by atoms with Gasteiger partial charge < -0.3 is 9.47 Å². The highest BCUT2D eigenvalue weighted by molar-refractivity contribution is 6.21. The lowest BCUT2D eigenvalue weighted by atomic mass is 10.1. The van der Waals surface area contributed by atoms with Gasteiger partial charge in [0, 0.05) is 12.6 Å². The monoisotopic (exact) mass is 311 g/mol. The first-order valence-electron chi connectivity index (χ1n) is 7.43. The average molecular weight is 311 g/mol. The number of fused-ring (bicyclic) bond motifs is 1. The second-order valence-corrected chi connectivity index (χ2v) is 5.19. The van der Waals surface area contributed by atoms with Crippen LogP contribution in [0, 0.1) is 0 Å². The summed E-state index contributed by atoms with van der Waals surface area (Å²) in [5.74, 6) is 0.966. The maximum atomic E-state index is 12.2. The molecule has 1 aliphatic rings. The van der Waals surface area contributed by atoms with Crippen LogP contribution in [0.1, 0.15) is 27.1 Å². The molecule has 1 heterocycles. The third kappa shape index (κ3) is 3.04. The smallest absolute Gasteiger partial charge is 0.261 e. The summed E-state index contributed by atoms with van der Waals surface area (Å²) in [6.07, 6.45) is 0.572. The average Bonchev–Trinajstić information content (AvgIpc) is 2.84. The number of amides is 2. The Kier molecular flexibility index (Phi) is 4.28. The molecule has 23 heavy (non-hydrogen) atoms. The first-order valence-corrected chi connectivity index (χ1v) is 7.43. The summed E-state index contributed by atoms with van der Waals surface area (Å²) in [6, 6.07) is 14.2. The Morgan fingerprint density at radius 3 is 2.22 bits per heavy atom. The SMILES string of the molecule is COc1cccc(OCCCN2C(=O)c3ccccc3C2=O)c1. The molecule has 2 aromatic carbocycles. The van der Waals surface area contributed by atoms with Crippen LogP contribution >= 0.6 is 0 Å². The van der Waals surface area contributed by atoms with E-state index in [1.807, 2.05) is 18.2 Å². The van der Waals surface area contributed by atoms with Crippen molar-refractivity contribution in [3.8, 4) is 11.5 Å². The molecule has 0 aliphatic carbocycles. The number of benzene rings is 2. The van der Waals surface area contributed by atoms with Crippen LogP contribution in [0.2, 0.25) is 0 Å². The Balaban J connectivity index is 1.54. The first kappa shape index (κ1) is 15.1. The highest BCUT2D eigenvalue weighted by atomic mass is 16.5. The summed E-state index contributed by atoms with van der Waals surface area (Å²) >= 11 is 0. The molecule has 0 spiro atoms. The fourth-order valence-corrected chi connectivity index (χ4v) is 2.55.